The van der Waals surface area contributed by atoms with Gasteiger partial charge in [0.05, 0.1) is 10.6 Å². The van der Waals surface area contributed by atoms with E-state index in [1.165, 1.54) is 4.90 Å². The summed E-state index contributed by atoms with van der Waals surface area (Å²) in [5, 5.41) is 9.93. The lowest BCUT2D eigenvalue weighted by Gasteiger charge is -2.35. The van der Waals surface area contributed by atoms with Crippen molar-refractivity contribution in [2.24, 2.45) is 17.3 Å². The molecule has 1 N–H and O–H groups in total. The van der Waals surface area contributed by atoms with Crippen molar-refractivity contribution in [3.05, 3.63) is 15.8 Å². The van der Waals surface area contributed by atoms with E-state index in [1.54, 1.807) is 17.9 Å². The van der Waals surface area contributed by atoms with Crippen LogP contribution in [0.5, 0.6) is 0 Å². The summed E-state index contributed by atoms with van der Waals surface area (Å²) in [7, 11) is 0. The molecule has 1 aromatic heterocycles. The number of aromatic carboxylic acids is 1. The van der Waals surface area contributed by atoms with Gasteiger partial charge >= 0.3 is 5.97 Å². The van der Waals surface area contributed by atoms with Gasteiger partial charge in [-0.05, 0) is 79.2 Å². The Morgan fingerprint density at radius 3 is 2.21 bits per heavy atom. The van der Waals surface area contributed by atoms with E-state index in [0.717, 1.165) is 37.0 Å². The summed E-state index contributed by atoms with van der Waals surface area (Å²) in [6, 6.07) is 0.871. The van der Waals surface area contributed by atoms with Crippen LogP contribution in [0.25, 0.3) is 0 Å². The Hall–Kier alpha value is -2.33. The third-order valence-electron chi connectivity index (χ3n) is 6.15. The number of hydrogen-bond acceptors (Lipinski definition) is 4. The second-order valence-corrected chi connectivity index (χ2v) is 11.0. The fraction of sp³-hybridized carbons (Fsp3) is 0.654. The maximum Gasteiger partial charge on any atom is 0.348 e. The summed E-state index contributed by atoms with van der Waals surface area (Å²) in [5.41, 5.74) is 0.0377. The van der Waals surface area contributed by atoms with Gasteiger partial charge in [-0.3, -0.25) is 14.5 Å². The number of likely N-dealkylation sites (N-methyl/N-ethyl adjacent to an activating group) is 1. The van der Waals surface area contributed by atoms with Crippen molar-refractivity contribution in [3.63, 3.8) is 0 Å². The van der Waals surface area contributed by atoms with E-state index in [9.17, 15) is 19.5 Å². The van der Waals surface area contributed by atoms with Crippen molar-refractivity contribution in [1.29, 1.82) is 0 Å². The van der Waals surface area contributed by atoms with Gasteiger partial charge in [-0.1, -0.05) is 18.8 Å². The van der Waals surface area contributed by atoms with Gasteiger partial charge in [-0.15, -0.1) is 11.3 Å². The molecule has 1 heterocycles. The number of amides is 2. The lowest BCUT2D eigenvalue weighted by molar-refractivity contribution is -0.134. The van der Waals surface area contributed by atoms with Crippen molar-refractivity contribution < 1.29 is 19.5 Å². The summed E-state index contributed by atoms with van der Waals surface area (Å²) in [4.78, 5) is 43.0. The molecule has 1 saturated carbocycles. The van der Waals surface area contributed by atoms with Crippen molar-refractivity contribution in [2.45, 2.75) is 80.2 Å². The summed E-state index contributed by atoms with van der Waals surface area (Å²) in [5.74, 6) is 5.11. The Bertz CT molecular complexity index is 922. The Labute approximate surface area is 202 Å². The first-order valence-corrected chi connectivity index (χ1v) is 12.7. The standard InChI is InChI=1S/C26H38N2O4S/c1-8-27(9-2)23(29)18(4)28(24(30)19-12-10-17(3)11-13-19)21-16-20(14-15-26(5,6)7)33-22(21)25(31)32/h16-19H,8-13H2,1-7H3,(H,31,32)/t17-,18-,19-/m0/s1. The van der Waals surface area contributed by atoms with Crippen LogP contribution in [0.1, 0.15) is 88.7 Å². The van der Waals surface area contributed by atoms with Crippen LogP contribution < -0.4 is 4.90 Å². The third kappa shape index (κ3) is 6.83. The average molecular weight is 475 g/mol. The first-order chi connectivity index (χ1) is 15.4. The molecule has 6 nitrogen and oxygen atoms in total. The molecule has 0 spiro atoms. The Kier molecular flexibility index (Phi) is 9.13. The number of hydrogen-bond donors (Lipinski definition) is 1. The van der Waals surface area contributed by atoms with Gasteiger partial charge in [-0.2, -0.15) is 0 Å². The number of carbonyl (C=O) groups is 3. The van der Waals surface area contributed by atoms with Gasteiger partial charge < -0.3 is 10.0 Å². The summed E-state index contributed by atoms with van der Waals surface area (Å²) in [6.45, 7) is 14.7. The average Bonchev–Trinajstić information content (AvgIpc) is 3.17. The van der Waals surface area contributed by atoms with E-state index in [1.807, 2.05) is 34.6 Å². The molecule has 0 radical (unpaired) electrons. The molecule has 2 rings (SSSR count). The summed E-state index contributed by atoms with van der Waals surface area (Å²) < 4.78 is 0. The Balaban J connectivity index is 2.57. The van der Waals surface area contributed by atoms with Crippen LogP contribution in [0.2, 0.25) is 0 Å². The van der Waals surface area contributed by atoms with E-state index >= 15 is 0 Å². The van der Waals surface area contributed by atoms with Crippen LogP contribution in [-0.4, -0.2) is 46.9 Å². The third-order valence-corrected chi connectivity index (χ3v) is 7.18. The molecule has 182 valence electrons. The molecule has 1 aliphatic carbocycles. The predicted octanol–water partition coefficient (Wildman–Crippen LogP) is 5.26. The monoisotopic (exact) mass is 474 g/mol. The largest absolute Gasteiger partial charge is 0.477 e. The van der Waals surface area contributed by atoms with Gasteiger partial charge in [0.1, 0.15) is 10.9 Å². The topological polar surface area (TPSA) is 77.9 Å². The quantitative estimate of drug-likeness (QED) is 0.547. The van der Waals surface area contributed by atoms with Crippen LogP contribution in [0.3, 0.4) is 0 Å². The Morgan fingerprint density at radius 1 is 1.15 bits per heavy atom. The van der Waals surface area contributed by atoms with Crippen LogP contribution in [-0.2, 0) is 9.59 Å². The lowest BCUT2D eigenvalue weighted by atomic mass is 9.82. The number of carboxylic acids is 1. The summed E-state index contributed by atoms with van der Waals surface area (Å²) >= 11 is 1.06. The zero-order valence-corrected chi connectivity index (χ0v) is 21.8. The molecule has 0 aliphatic heterocycles. The highest BCUT2D eigenvalue weighted by Gasteiger charge is 2.37. The van der Waals surface area contributed by atoms with Crippen molar-refractivity contribution in [2.75, 3.05) is 18.0 Å². The van der Waals surface area contributed by atoms with Gasteiger partial charge in [0.2, 0.25) is 11.8 Å². The van der Waals surface area contributed by atoms with E-state index in [2.05, 4.69) is 18.8 Å². The normalized spacial score (nSPS) is 19.2. The number of rotatable bonds is 7. The van der Waals surface area contributed by atoms with Crippen molar-refractivity contribution in [3.8, 4) is 11.8 Å². The number of carboxylic acid groups (broad SMARTS) is 1. The van der Waals surface area contributed by atoms with Crippen LogP contribution in [0.15, 0.2) is 6.07 Å². The van der Waals surface area contributed by atoms with Crippen molar-refractivity contribution in [1.82, 2.24) is 4.90 Å². The molecule has 1 aliphatic rings. The lowest BCUT2D eigenvalue weighted by Crippen LogP contribution is -2.52. The fourth-order valence-electron chi connectivity index (χ4n) is 4.16. The molecular formula is C26H38N2O4S. The van der Waals surface area contributed by atoms with E-state index < -0.39 is 12.0 Å². The molecule has 1 aromatic rings. The molecule has 0 aromatic carbocycles. The minimum absolute atomic E-state index is 0.0462. The molecule has 7 heteroatoms. The van der Waals surface area contributed by atoms with Gasteiger partial charge in [0.25, 0.3) is 0 Å². The van der Waals surface area contributed by atoms with Crippen LogP contribution in [0.4, 0.5) is 5.69 Å². The highest BCUT2D eigenvalue weighted by atomic mass is 32.1. The van der Waals surface area contributed by atoms with E-state index in [-0.39, 0.29) is 33.7 Å². The minimum atomic E-state index is -1.11. The zero-order chi connectivity index (χ0) is 24.9. The second-order valence-electron chi connectivity index (χ2n) is 9.98. The van der Waals surface area contributed by atoms with Crippen LogP contribution in [0, 0.1) is 29.1 Å². The smallest absolute Gasteiger partial charge is 0.348 e. The maximum absolute atomic E-state index is 13.8. The number of thiophene rings is 1. The molecule has 0 saturated heterocycles. The molecule has 1 atom stereocenters. The second kappa shape index (κ2) is 11.2. The molecule has 0 unspecified atom stereocenters. The predicted molar refractivity (Wildman–Crippen MR) is 134 cm³/mol. The highest BCUT2D eigenvalue weighted by Crippen LogP contribution is 2.36. The van der Waals surface area contributed by atoms with Crippen LogP contribution >= 0.6 is 11.3 Å². The summed E-state index contributed by atoms with van der Waals surface area (Å²) in [6.07, 6.45) is 3.43. The van der Waals surface area contributed by atoms with E-state index in [4.69, 9.17) is 0 Å². The number of anilines is 1. The molecule has 1 fully saturated rings. The van der Waals surface area contributed by atoms with Gasteiger partial charge in [0, 0.05) is 24.4 Å². The highest BCUT2D eigenvalue weighted by molar-refractivity contribution is 7.15. The Morgan fingerprint density at radius 2 is 1.73 bits per heavy atom. The van der Waals surface area contributed by atoms with Gasteiger partial charge in [-0.25, -0.2) is 4.79 Å². The number of carbonyl (C=O) groups excluding carboxylic acids is 2. The molecular weight excluding hydrogens is 436 g/mol. The first kappa shape index (κ1) is 26.9. The maximum atomic E-state index is 13.8. The SMILES string of the molecule is CCN(CC)C(=O)[C@H](C)N(c1cc(C#CC(C)(C)C)sc1C(=O)O)C(=O)[C@H]1CC[C@H](C)CC1. The van der Waals surface area contributed by atoms with Gasteiger partial charge in [0.15, 0.2) is 0 Å². The minimum Gasteiger partial charge on any atom is -0.477 e. The first-order valence-electron chi connectivity index (χ1n) is 11.9. The number of nitrogens with zero attached hydrogens (tertiary/aromatic N) is 2. The van der Waals surface area contributed by atoms with E-state index in [0.29, 0.717) is 23.9 Å². The fourth-order valence-corrected chi connectivity index (χ4v) is 5.00. The zero-order valence-electron chi connectivity index (χ0n) is 21.0. The molecule has 33 heavy (non-hydrogen) atoms. The molecule has 2 amide bonds. The van der Waals surface area contributed by atoms with Crippen molar-refractivity contribution >= 4 is 34.8 Å². The molecule has 0 bridgehead atoms.